The number of aliphatic imine (C=N–C) groups is 1. The molecule has 0 heterocycles. The highest BCUT2D eigenvalue weighted by Crippen LogP contribution is 2.52. The van der Waals surface area contributed by atoms with Crippen molar-refractivity contribution >= 4 is 19.6 Å². The van der Waals surface area contributed by atoms with Crippen LogP contribution in [0, 0.1) is 0 Å². The van der Waals surface area contributed by atoms with Gasteiger partial charge in [0.1, 0.15) is 11.3 Å². The maximum absolute atomic E-state index is 14.1. The summed E-state index contributed by atoms with van der Waals surface area (Å²) < 4.78 is 6.11. The van der Waals surface area contributed by atoms with Crippen molar-refractivity contribution in [2.75, 3.05) is 7.11 Å². The maximum Gasteiger partial charge on any atom is 0.202 e. The molecule has 3 nitrogen and oxygen atoms in total. The molecule has 0 aromatic rings. The van der Waals surface area contributed by atoms with E-state index in [1.54, 1.807) is 7.11 Å². The van der Waals surface area contributed by atoms with Gasteiger partial charge in [-0.3, -0.25) is 9.79 Å². The Labute approximate surface area is 175 Å². The molecule has 0 spiro atoms. The predicted molar refractivity (Wildman–Crippen MR) is 125 cm³/mol. The Morgan fingerprint density at radius 3 is 1.82 bits per heavy atom. The van der Waals surface area contributed by atoms with Crippen LogP contribution in [0.3, 0.4) is 0 Å². The van der Waals surface area contributed by atoms with Gasteiger partial charge in [0.15, 0.2) is 0 Å². The first kappa shape index (κ1) is 25.3. The number of rotatable bonds is 8. The lowest BCUT2D eigenvalue weighted by Gasteiger charge is -2.44. The van der Waals surface area contributed by atoms with Crippen LogP contribution in [-0.4, -0.2) is 37.8 Å². The lowest BCUT2D eigenvalue weighted by molar-refractivity contribution is -0.109. The van der Waals surface area contributed by atoms with E-state index < -0.39 is 13.7 Å². The molecule has 4 heteroatoms. The summed E-state index contributed by atoms with van der Waals surface area (Å²) in [5.74, 6) is 0.174. The number of carbonyl (C=O) groups excluding carboxylic acids is 1. The number of ether oxygens (including phenoxy) is 1. The molecule has 162 valence electrons. The van der Waals surface area contributed by atoms with Gasteiger partial charge in [-0.25, -0.2) is 0 Å². The molecular weight excluding hydrogens is 362 g/mol. The van der Waals surface area contributed by atoms with Crippen LogP contribution in [0.2, 0.25) is 16.6 Å². The first-order valence-corrected chi connectivity index (χ1v) is 13.4. The molecule has 1 unspecified atom stereocenters. The number of unbranched alkanes of at least 4 members (excludes halogenated alkanes) is 1. The highest BCUT2D eigenvalue weighted by atomic mass is 28.3. The van der Waals surface area contributed by atoms with Crippen molar-refractivity contribution in [2.24, 2.45) is 4.99 Å². The Balaban J connectivity index is 3.99. The van der Waals surface area contributed by atoms with Gasteiger partial charge < -0.3 is 4.74 Å². The number of hydrogen-bond acceptors (Lipinski definition) is 3. The minimum absolute atomic E-state index is 0.174. The number of methoxy groups -OCH3 is 1. The van der Waals surface area contributed by atoms with Crippen molar-refractivity contribution in [3.8, 4) is 0 Å². The van der Waals surface area contributed by atoms with Crippen LogP contribution in [-0.2, 0) is 9.53 Å². The van der Waals surface area contributed by atoms with Crippen molar-refractivity contribution in [2.45, 2.75) is 123 Å². The summed E-state index contributed by atoms with van der Waals surface area (Å²) in [6, 6.07) is 0. The Morgan fingerprint density at radius 1 is 1.04 bits per heavy atom. The van der Waals surface area contributed by atoms with Crippen molar-refractivity contribution in [3.05, 3.63) is 10.8 Å². The van der Waals surface area contributed by atoms with E-state index in [0.29, 0.717) is 22.3 Å². The van der Waals surface area contributed by atoms with Crippen LogP contribution < -0.4 is 0 Å². The Kier molecular flexibility index (Phi) is 8.09. The van der Waals surface area contributed by atoms with E-state index in [9.17, 15) is 4.79 Å². The quantitative estimate of drug-likeness (QED) is 0.410. The number of carbonyl (C=O) groups is 1. The normalized spacial score (nSPS) is 23.2. The van der Waals surface area contributed by atoms with E-state index in [4.69, 9.17) is 9.73 Å². The summed E-state index contributed by atoms with van der Waals surface area (Å²) in [5, 5.41) is 1.13. The molecule has 1 atom stereocenters. The maximum atomic E-state index is 14.1. The fourth-order valence-corrected chi connectivity index (χ4v) is 12.7. The van der Waals surface area contributed by atoms with Gasteiger partial charge in [-0.1, -0.05) is 54.9 Å². The summed E-state index contributed by atoms with van der Waals surface area (Å²) in [7, 11) is -0.384. The molecule has 0 aliphatic heterocycles. The summed E-state index contributed by atoms with van der Waals surface area (Å²) in [4.78, 5) is 19.0. The first-order valence-electron chi connectivity index (χ1n) is 11.2. The van der Waals surface area contributed by atoms with Crippen molar-refractivity contribution in [1.82, 2.24) is 0 Å². The van der Waals surface area contributed by atoms with Crippen molar-refractivity contribution < 1.29 is 9.53 Å². The second kappa shape index (κ2) is 8.95. The summed E-state index contributed by atoms with van der Waals surface area (Å²) in [6.07, 6.45) is 3.11. The Hall–Kier alpha value is -0.743. The van der Waals surface area contributed by atoms with Gasteiger partial charge in [-0.15, -0.1) is 0 Å². The van der Waals surface area contributed by atoms with Crippen LogP contribution in [0.1, 0.15) is 95.4 Å². The highest BCUT2D eigenvalue weighted by molar-refractivity contribution is 6.96. The second-order valence-electron chi connectivity index (χ2n) is 10.6. The lowest BCUT2D eigenvalue weighted by Crippen LogP contribution is -2.49. The van der Waals surface area contributed by atoms with Crippen LogP contribution >= 0.6 is 0 Å². The van der Waals surface area contributed by atoms with Crippen LogP contribution in [0.15, 0.2) is 15.8 Å². The smallest absolute Gasteiger partial charge is 0.202 e. The Morgan fingerprint density at radius 2 is 1.50 bits per heavy atom. The zero-order chi connectivity index (χ0) is 22.1. The van der Waals surface area contributed by atoms with Gasteiger partial charge in [0.05, 0.1) is 13.6 Å². The van der Waals surface area contributed by atoms with Crippen LogP contribution in [0.4, 0.5) is 0 Å². The van der Waals surface area contributed by atoms with Gasteiger partial charge in [0, 0.05) is 7.11 Å². The van der Waals surface area contributed by atoms with Gasteiger partial charge in [-0.2, -0.15) is 0 Å². The SMILES string of the molecule is CCCCC1=C([Si](C(C)C)(C(C)C)C(C)C)C(=O)C(=NC(C)(C)C)C1(C)OC. The summed E-state index contributed by atoms with van der Waals surface area (Å²) in [5.41, 5.74) is 2.30. The molecule has 28 heavy (non-hydrogen) atoms. The minimum Gasteiger partial charge on any atom is -0.368 e. The molecule has 0 radical (unpaired) electrons. The number of hydrogen-bond donors (Lipinski definition) is 0. The predicted octanol–water partition coefficient (Wildman–Crippen LogP) is 6.92. The topological polar surface area (TPSA) is 38.7 Å². The van der Waals surface area contributed by atoms with Crippen LogP contribution in [0.5, 0.6) is 0 Å². The van der Waals surface area contributed by atoms with E-state index in [1.165, 1.54) is 5.57 Å². The molecule has 0 N–H and O–H groups in total. The molecule has 0 amide bonds. The third-order valence-electron chi connectivity index (χ3n) is 6.71. The zero-order valence-corrected chi connectivity index (χ0v) is 21.6. The van der Waals surface area contributed by atoms with Gasteiger partial charge in [0.25, 0.3) is 0 Å². The van der Waals surface area contributed by atoms with Crippen molar-refractivity contribution in [3.63, 3.8) is 0 Å². The van der Waals surface area contributed by atoms with E-state index in [0.717, 1.165) is 24.5 Å². The number of nitrogens with zero attached hydrogens (tertiary/aromatic N) is 1. The molecule has 0 saturated carbocycles. The minimum atomic E-state index is -2.12. The molecule has 1 aliphatic carbocycles. The van der Waals surface area contributed by atoms with Crippen LogP contribution in [0.25, 0.3) is 0 Å². The fourth-order valence-electron chi connectivity index (χ4n) is 5.61. The van der Waals surface area contributed by atoms with E-state index in [1.807, 2.05) is 0 Å². The second-order valence-corrected chi connectivity index (χ2v) is 16.4. The lowest BCUT2D eigenvalue weighted by atomic mass is 9.91. The van der Waals surface area contributed by atoms with E-state index in [-0.39, 0.29) is 11.3 Å². The number of ketones is 1. The third kappa shape index (κ3) is 4.23. The summed E-state index contributed by atoms with van der Waals surface area (Å²) >= 11 is 0. The first-order chi connectivity index (χ1) is 12.7. The standard InChI is InChI=1S/C24H45NO2Si/c1-13-14-15-19-21(28(16(2)3,17(4)5)18(6)7)20(26)22(24(19,11)27-12)25-23(8,9)10/h16-18H,13-15H2,1-12H3. The van der Waals surface area contributed by atoms with Gasteiger partial charge in [0.2, 0.25) is 5.78 Å². The number of Topliss-reactive ketones (excluding diaryl/α,β-unsaturated/α-hetero) is 1. The molecule has 0 aromatic carbocycles. The van der Waals surface area contributed by atoms with Gasteiger partial charge >= 0.3 is 0 Å². The average Bonchev–Trinajstić information content (AvgIpc) is 2.74. The van der Waals surface area contributed by atoms with Gasteiger partial charge in [-0.05, 0) is 67.9 Å². The Bertz CT molecular complexity index is 616. The highest BCUT2D eigenvalue weighted by Gasteiger charge is 2.58. The molecule has 0 fully saturated rings. The molecule has 0 saturated heterocycles. The average molecular weight is 408 g/mol. The molecule has 1 rings (SSSR count). The van der Waals surface area contributed by atoms with E-state index in [2.05, 4.69) is 76.2 Å². The zero-order valence-electron chi connectivity index (χ0n) is 20.6. The third-order valence-corrected chi connectivity index (χ3v) is 13.8. The molecule has 0 aromatic heterocycles. The molecular formula is C24H45NO2Si. The van der Waals surface area contributed by atoms with E-state index >= 15 is 0 Å². The molecule has 1 aliphatic rings. The summed E-state index contributed by atoms with van der Waals surface area (Å²) in [6.45, 7) is 24.4. The largest absolute Gasteiger partial charge is 0.368 e. The van der Waals surface area contributed by atoms with Crippen molar-refractivity contribution in [1.29, 1.82) is 0 Å². The monoisotopic (exact) mass is 407 g/mol. The number of allylic oxidation sites excluding steroid dienone is 1. The molecule has 0 bridgehead atoms. The fraction of sp³-hybridized carbons (Fsp3) is 0.833.